The molecule has 1 unspecified atom stereocenters. The molecule has 2 aliphatic carbocycles. The molecule has 1 amide bonds. The molecular formula is C13H14FNO2. The molecule has 1 saturated carbocycles. The lowest BCUT2D eigenvalue weighted by molar-refractivity contribution is 0.135. The number of fused-ring (bicyclic) bond motifs is 1. The predicted molar refractivity (Wildman–Crippen MR) is 60.1 cm³/mol. The number of amides is 1. The fraction of sp³-hybridized carbons (Fsp3) is 0.462. The Kier molecular flexibility index (Phi) is 2.50. The largest absolute Gasteiger partial charge is 0.446 e. The summed E-state index contributed by atoms with van der Waals surface area (Å²) in [5.74, 6) is -0.218. The van der Waals surface area contributed by atoms with Crippen LogP contribution in [0.15, 0.2) is 18.2 Å². The predicted octanol–water partition coefficient (Wildman–Crippen LogP) is 2.70. The van der Waals surface area contributed by atoms with E-state index in [1.807, 2.05) is 0 Å². The summed E-state index contributed by atoms with van der Waals surface area (Å²) < 4.78 is 18.2. The van der Waals surface area contributed by atoms with Crippen molar-refractivity contribution in [2.75, 3.05) is 0 Å². The zero-order valence-electron chi connectivity index (χ0n) is 9.41. The SMILES string of the molecule is O=C(NC1CCc2cc(F)ccc21)OC1CC1. The van der Waals surface area contributed by atoms with Crippen molar-refractivity contribution in [2.45, 2.75) is 37.8 Å². The van der Waals surface area contributed by atoms with Crippen LogP contribution in [0.1, 0.15) is 36.4 Å². The lowest BCUT2D eigenvalue weighted by Gasteiger charge is -2.13. The van der Waals surface area contributed by atoms with Crippen LogP contribution in [0.3, 0.4) is 0 Å². The minimum Gasteiger partial charge on any atom is -0.446 e. The van der Waals surface area contributed by atoms with Gasteiger partial charge in [0, 0.05) is 0 Å². The van der Waals surface area contributed by atoms with Gasteiger partial charge >= 0.3 is 6.09 Å². The molecular weight excluding hydrogens is 221 g/mol. The standard InChI is InChI=1S/C13H14FNO2/c14-9-2-5-11-8(7-9)1-6-12(11)15-13(16)17-10-3-4-10/h2,5,7,10,12H,1,3-4,6H2,(H,15,16). The Labute approximate surface area is 99.0 Å². The Hall–Kier alpha value is -1.58. The van der Waals surface area contributed by atoms with Crippen LogP contribution < -0.4 is 5.32 Å². The van der Waals surface area contributed by atoms with Crippen LogP contribution >= 0.6 is 0 Å². The van der Waals surface area contributed by atoms with Gasteiger partial charge in [-0.15, -0.1) is 0 Å². The number of halogens is 1. The Balaban J connectivity index is 1.68. The lowest BCUT2D eigenvalue weighted by atomic mass is 10.1. The first-order chi connectivity index (χ1) is 8.22. The summed E-state index contributed by atoms with van der Waals surface area (Å²) in [6, 6.07) is 4.70. The van der Waals surface area contributed by atoms with Crippen molar-refractivity contribution in [3.63, 3.8) is 0 Å². The molecule has 4 heteroatoms. The second kappa shape index (κ2) is 4.02. The number of carbonyl (C=O) groups is 1. The number of aryl methyl sites for hydroxylation is 1. The van der Waals surface area contributed by atoms with Gasteiger partial charge in [-0.2, -0.15) is 0 Å². The topological polar surface area (TPSA) is 38.3 Å². The minimum atomic E-state index is -0.352. The van der Waals surface area contributed by atoms with Crippen molar-refractivity contribution in [3.8, 4) is 0 Å². The summed E-state index contributed by atoms with van der Waals surface area (Å²) >= 11 is 0. The first-order valence-electron chi connectivity index (χ1n) is 5.98. The number of nitrogens with one attached hydrogen (secondary N) is 1. The van der Waals surface area contributed by atoms with Crippen molar-refractivity contribution >= 4 is 6.09 Å². The summed E-state index contributed by atoms with van der Waals surface area (Å²) in [6.45, 7) is 0. The molecule has 1 aromatic rings. The van der Waals surface area contributed by atoms with Crippen molar-refractivity contribution in [1.82, 2.24) is 5.32 Å². The van der Waals surface area contributed by atoms with Gasteiger partial charge in [0.1, 0.15) is 11.9 Å². The van der Waals surface area contributed by atoms with E-state index in [1.165, 1.54) is 6.07 Å². The summed E-state index contributed by atoms with van der Waals surface area (Å²) in [5, 5.41) is 2.84. The van der Waals surface area contributed by atoms with Gasteiger partial charge < -0.3 is 10.1 Å². The third kappa shape index (κ3) is 2.25. The highest BCUT2D eigenvalue weighted by Gasteiger charge is 2.29. The number of ether oxygens (including phenoxy) is 1. The van der Waals surface area contributed by atoms with Gasteiger partial charge in [0.2, 0.25) is 0 Å². The molecule has 0 saturated heterocycles. The van der Waals surface area contributed by atoms with Crippen molar-refractivity contribution in [2.24, 2.45) is 0 Å². The van der Waals surface area contributed by atoms with E-state index in [4.69, 9.17) is 4.74 Å². The van der Waals surface area contributed by atoms with E-state index in [9.17, 15) is 9.18 Å². The minimum absolute atomic E-state index is 0.0307. The first-order valence-corrected chi connectivity index (χ1v) is 5.98. The molecule has 1 N–H and O–H groups in total. The van der Waals surface area contributed by atoms with Crippen molar-refractivity contribution in [1.29, 1.82) is 0 Å². The second-order valence-corrected chi connectivity index (χ2v) is 4.68. The molecule has 0 heterocycles. The van der Waals surface area contributed by atoms with E-state index in [0.29, 0.717) is 0 Å². The second-order valence-electron chi connectivity index (χ2n) is 4.68. The molecule has 3 rings (SSSR count). The Morgan fingerprint density at radius 2 is 2.18 bits per heavy atom. The smallest absolute Gasteiger partial charge is 0.407 e. The highest BCUT2D eigenvalue weighted by atomic mass is 19.1. The number of alkyl carbamates (subject to hydrolysis) is 1. The number of hydrogen-bond donors (Lipinski definition) is 1. The molecule has 1 aromatic carbocycles. The highest BCUT2D eigenvalue weighted by Crippen LogP contribution is 2.32. The zero-order chi connectivity index (χ0) is 11.8. The molecule has 2 aliphatic rings. The summed E-state index contributed by atoms with van der Waals surface area (Å²) in [6.07, 6.45) is 3.33. The Morgan fingerprint density at radius 1 is 1.35 bits per heavy atom. The van der Waals surface area contributed by atoms with Crippen LogP contribution in [0.25, 0.3) is 0 Å². The number of benzene rings is 1. The van der Waals surface area contributed by atoms with Crippen LogP contribution in [-0.4, -0.2) is 12.2 Å². The van der Waals surface area contributed by atoms with E-state index >= 15 is 0 Å². The summed E-state index contributed by atoms with van der Waals surface area (Å²) in [4.78, 5) is 11.5. The first kappa shape index (κ1) is 10.6. The van der Waals surface area contributed by atoms with Crippen molar-refractivity contribution in [3.05, 3.63) is 35.1 Å². The normalized spacial score (nSPS) is 22.1. The van der Waals surface area contributed by atoms with E-state index in [-0.39, 0.29) is 24.1 Å². The molecule has 0 spiro atoms. The quantitative estimate of drug-likeness (QED) is 0.855. The number of hydrogen-bond acceptors (Lipinski definition) is 2. The van der Waals surface area contributed by atoms with E-state index in [1.54, 1.807) is 12.1 Å². The van der Waals surface area contributed by atoms with Gasteiger partial charge in [-0.25, -0.2) is 9.18 Å². The summed E-state index contributed by atoms with van der Waals surface area (Å²) in [7, 11) is 0. The van der Waals surface area contributed by atoms with Gasteiger partial charge in [0.05, 0.1) is 6.04 Å². The fourth-order valence-electron chi connectivity index (χ4n) is 2.25. The van der Waals surface area contributed by atoms with Crippen LogP contribution in [0, 0.1) is 5.82 Å². The Bertz CT molecular complexity index is 457. The van der Waals surface area contributed by atoms with Crippen LogP contribution in [0.2, 0.25) is 0 Å². The molecule has 0 aliphatic heterocycles. The maximum atomic E-state index is 13.0. The van der Waals surface area contributed by atoms with Gasteiger partial charge in [-0.1, -0.05) is 6.07 Å². The fourth-order valence-corrected chi connectivity index (χ4v) is 2.25. The Morgan fingerprint density at radius 3 is 2.94 bits per heavy atom. The molecule has 1 fully saturated rings. The average Bonchev–Trinajstić information content (AvgIpc) is 3.01. The molecule has 1 atom stereocenters. The zero-order valence-corrected chi connectivity index (χ0v) is 9.41. The molecule has 0 radical (unpaired) electrons. The molecule has 3 nitrogen and oxygen atoms in total. The van der Waals surface area contributed by atoms with Crippen LogP contribution in [0.5, 0.6) is 0 Å². The number of carbonyl (C=O) groups excluding carboxylic acids is 1. The highest BCUT2D eigenvalue weighted by molar-refractivity contribution is 5.68. The number of rotatable bonds is 2. The third-order valence-corrected chi connectivity index (χ3v) is 3.27. The average molecular weight is 235 g/mol. The van der Waals surface area contributed by atoms with Crippen LogP contribution in [-0.2, 0) is 11.2 Å². The lowest BCUT2D eigenvalue weighted by Crippen LogP contribution is -2.28. The van der Waals surface area contributed by atoms with E-state index < -0.39 is 0 Å². The molecule has 0 bridgehead atoms. The molecule has 17 heavy (non-hydrogen) atoms. The maximum Gasteiger partial charge on any atom is 0.407 e. The van der Waals surface area contributed by atoms with Gasteiger partial charge in [0.15, 0.2) is 0 Å². The summed E-state index contributed by atoms with van der Waals surface area (Å²) in [5.41, 5.74) is 2.00. The maximum absolute atomic E-state index is 13.0. The van der Waals surface area contributed by atoms with E-state index in [0.717, 1.165) is 36.8 Å². The van der Waals surface area contributed by atoms with Gasteiger partial charge in [0.25, 0.3) is 0 Å². The van der Waals surface area contributed by atoms with Gasteiger partial charge in [-0.05, 0) is 48.9 Å². The van der Waals surface area contributed by atoms with Gasteiger partial charge in [-0.3, -0.25) is 0 Å². The molecule has 90 valence electrons. The van der Waals surface area contributed by atoms with Crippen molar-refractivity contribution < 1.29 is 13.9 Å². The third-order valence-electron chi connectivity index (χ3n) is 3.27. The monoisotopic (exact) mass is 235 g/mol. The van der Waals surface area contributed by atoms with E-state index in [2.05, 4.69) is 5.32 Å². The molecule has 0 aromatic heterocycles. The van der Waals surface area contributed by atoms with Crippen LogP contribution in [0.4, 0.5) is 9.18 Å².